The van der Waals surface area contributed by atoms with Gasteiger partial charge in [0.1, 0.15) is 0 Å². The van der Waals surface area contributed by atoms with E-state index in [9.17, 15) is 0 Å². The Kier molecular flexibility index (Phi) is 7.36. The molecule has 1 atom stereocenters. The van der Waals surface area contributed by atoms with Crippen LogP contribution in [0.5, 0.6) is 0 Å². The van der Waals surface area contributed by atoms with Gasteiger partial charge in [-0.25, -0.2) is 0 Å². The highest BCUT2D eigenvalue weighted by molar-refractivity contribution is 7.98. The predicted octanol–water partition coefficient (Wildman–Crippen LogP) is 4.27. The van der Waals surface area contributed by atoms with Gasteiger partial charge < -0.3 is 5.32 Å². The van der Waals surface area contributed by atoms with Crippen LogP contribution in [0.1, 0.15) is 18.9 Å². The highest BCUT2D eigenvalue weighted by Crippen LogP contribution is 2.22. The molecule has 1 rings (SSSR count). The summed E-state index contributed by atoms with van der Waals surface area (Å²) in [5.41, 5.74) is 1.13. The lowest BCUT2D eigenvalue weighted by atomic mass is 10.1. The highest BCUT2D eigenvalue weighted by atomic mass is 35.5. The summed E-state index contributed by atoms with van der Waals surface area (Å²) < 4.78 is 0. The number of thioether (sulfide) groups is 1. The Labute approximate surface area is 118 Å². The van der Waals surface area contributed by atoms with Gasteiger partial charge in [-0.05, 0) is 49.4 Å². The predicted molar refractivity (Wildman–Crippen MR) is 80.6 cm³/mol. The average molecular weight is 292 g/mol. The van der Waals surface area contributed by atoms with E-state index in [-0.39, 0.29) is 0 Å². The summed E-state index contributed by atoms with van der Waals surface area (Å²) in [5.74, 6) is 1.09. The van der Waals surface area contributed by atoms with Crippen molar-refractivity contribution in [1.29, 1.82) is 0 Å². The summed E-state index contributed by atoms with van der Waals surface area (Å²) in [4.78, 5) is 0. The first-order valence-electron chi connectivity index (χ1n) is 5.83. The minimum Gasteiger partial charge on any atom is -0.313 e. The van der Waals surface area contributed by atoms with Crippen LogP contribution in [0.4, 0.5) is 0 Å². The van der Waals surface area contributed by atoms with Crippen LogP contribution in [0.15, 0.2) is 18.2 Å². The van der Waals surface area contributed by atoms with Crippen LogP contribution in [0.3, 0.4) is 0 Å². The average Bonchev–Trinajstić information content (AvgIpc) is 2.31. The summed E-state index contributed by atoms with van der Waals surface area (Å²) in [7, 11) is 0. The Morgan fingerprint density at radius 3 is 2.76 bits per heavy atom. The van der Waals surface area contributed by atoms with Gasteiger partial charge in [0, 0.05) is 21.8 Å². The summed E-state index contributed by atoms with van der Waals surface area (Å²) in [5, 5.41) is 5.10. The smallest absolute Gasteiger partial charge is 0.0439 e. The van der Waals surface area contributed by atoms with Crippen LogP contribution in [0, 0.1) is 0 Å². The van der Waals surface area contributed by atoms with E-state index in [4.69, 9.17) is 23.2 Å². The van der Waals surface area contributed by atoms with Crippen molar-refractivity contribution in [3.05, 3.63) is 33.8 Å². The Bertz CT molecular complexity index is 344. The topological polar surface area (TPSA) is 12.0 Å². The van der Waals surface area contributed by atoms with Gasteiger partial charge in [0.2, 0.25) is 0 Å². The van der Waals surface area contributed by atoms with E-state index < -0.39 is 0 Å². The molecule has 1 aromatic carbocycles. The number of benzene rings is 1. The van der Waals surface area contributed by atoms with E-state index in [1.165, 1.54) is 0 Å². The monoisotopic (exact) mass is 291 g/mol. The largest absolute Gasteiger partial charge is 0.313 e. The van der Waals surface area contributed by atoms with Crippen molar-refractivity contribution in [3.8, 4) is 0 Å². The zero-order chi connectivity index (χ0) is 12.7. The zero-order valence-electron chi connectivity index (χ0n) is 10.3. The lowest BCUT2D eigenvalue weighted by Crippen LogP contribution is -2.34. The maximum Gasteiger partial charge on any atom is 0.0439 e. The molecule has 0 radical (unpaired) electrons. The molecule has 4 heteroatoms. The fraction of sp³-hybridized carbons (Fsp3) is 0.538. The quantitative estimate of drug-likeness (QED) is 0.805. The molecular weight excluding hydrogens is 273 g/mol. The summed E-state index contributed by atoms with van der Waals surface area (Å²) >= 11 is 14.0. The molecule has 96 valence electrons. The maximum absolute atomic E-state index is 6.18. The second-order valence-corrected chi connectivity index (χ2v) is 5.80. The lowest BCUT2D eigenvalue weighted by molar-refractivity contribution is 0.550. The van der Waals surface area contributed by atoms with Crippen LogP contribution in [-0.2, 0) is 6.42 Å². The molecule has 0 fully saturated rings. The first kappa shape index (κ1) is 15.2. The molecule has 0 bridgehead atoms. The molecule has 0 aliphatic heterocycles. The molecule has 17 heavy (non-hydrogen) atoms. The van der Waals surface area contributed by atoms with E-state index in [0.29, 0.717) is 6.04 Å². The number of halogens is 2. The molecule has 0 saturated heterocycles. The van der Waals surface area contributed by atoms with Crippen LogP contribution in [0.2, 0.25) is 10.0 Å². The first-order chi connectivity index (χ1) is 8.17. The minimum atomic E-state index is 0.459. The van der Waals surface area contributed by atoms with Crippen molar-refractivity contribution in [2.45, 2.75) is 25.8 Å². The van der Waals surface area contributed by atoms with Crippen molar-refractivity contribution < 1.29 is 0 Å². The van der Waals surface area contributed by atoms with E-state index in [0.717, 1.165) is 40.7 Å². The van der Waals surface area contributed by atoms with E-state index in [2.05, 4.69) is 18.5 Å². The fourth-order valence-corrected chi connectivity index (χ4v) is 2.73. The van der Waals surface area contributed by atoms with Crippen molar-refractivity contribution in [1.82, 2.24) is 5.32 Å². The fourth-order valence-electron chi connectivity index (χ4n) is 1.70. The van der Waals surface area contributed by atoms with Gasteiger partial charge in [0.25, 0.3) is 0 Å². The van der Waals surface area contributed by atoms with Crippen molar-refractivity contribution in [2.24, 2.45) is 0 Å². The third kappa shape index (κ3) is 5.52. The number of hydrogen-bond acceptors (Lipinski definition) is 2. The molecule has 1 nitrogen and oxygen atoms in total. The Hall–Kier alpha value is 0.110. The maximum atomic E-state index is 6.18. The van der Waals surface area contributed by atoms with Gasteiger partial charge in [-0.3, -0.25) is 0 Å². The molecule has 0 aromatic heterocycles. The Morgan fingerprint density at radius 2 is 2.12 bits per heavy atom. The standard InChI is InChI=1S/C13H19Cl2NS/c1-3-6-16-12(9-17-2)8-10-7-11(14)4-5-13(10)15/h4-5,7,12,16H,3,6,8-9H2,1-2H3. The van der Waals surface area contributed by atoms with Crippen molar-refractivity contribution >= 4 is 35.0 Å². The lowest BCUT2D eigenvalue weighted by Gasteiger charge is -2.18. The molecule has 1 unspecified atom stereocenters. The normalized spacial score (nSPS) is 12.7. The summed E-state index contributed by atoms with van der Waals surface area (Å²) in [6.45, 7) is 3.22. The highest BCUT2D eigenvalue weighted by Gasteiger charge is 2.10. The third-order valence-electron chi connectivity index (χ3n) is 2.52. The summed E-state index contributed by atoms with van der Waals surface area (Å²) in [6, 6.07) is 6.12. The molecule has 0 saturated carbocycles. The second-order valence-electron chi connectivity index (χ2n) is 4.05. The SMILES string of the molecule is CCCNC(CSC)Cc1cc(Cl)ccc1Cl. The van der Waals surface area contributed by atoms with Gasteiger partial charge in [0.05, 0.1) is 0 Å². The molecule has 0 amide bonds. The summed E-state index contributed by atoms with van der Waals surface area (Å²) in [6.07, 6.45) is 4.20. The van der Waals surface area contributed by atoms with Crippen LogP contribution < -0.4 is 5.32 Å². The Morgan fingerprint density at radius 1 is 1.35 bits per heavy atom. The molecule has 1 aromatic rings. The van der Waals surface area contributed by atoms with Gasteiger partial charge >= 0.3 is 0 Å². The molecular formula is C13H19Cl2NS. The van der Waals surface area contributed by atoms with E-state index in [1.54, 1.807) is 0 Å². The van der Waals surface area contributed by atoms with Crippen molar-refractivity contribution in [3.63, 3.8) is 0 Å². The van der Waals surface area contributed by atoms with E-state index in [1.807, 2.05) is 30.0 Å². The number of rotatable bonds is 7. The third-order valence-corrected chi connectivity index (χ3v) is 3.86. The van der Waals surface area contributed by atoms with Gasteiger partial charge in [0.15, 0.2) is 0 Å². The molecule has 0 aliphatic rings. The molecule has 0 heterocycles. The van der Waals surface area contributed by atoms with Gasteiger partial charge in [-0.1, -0.05) is 30.1 Å². The van der Waals surface area contributed by atoms with Crippen LogP contribution >= 0.6 is 35.0 Å². The van der Waals surface area contributed by atoms with Gasteiger partial charge in [-0.2, -0.15) is 11.8 Å². The molecule has 0 spiro atoms. The second kappa shape index (κ2) is 8.25. The number of nitrogens with one attached hydrogen (secondary N) is 1. The Balaban J connectivity index is 2.67. The van der Waals surface area contributed by atoms with Crippen molar-refractivity contribution in [2.75, 3.05) is 18.6 Å². The number of hydrogen-bond donors (Lipinski definition) is 1. The van der Waals surface area contributed by atoms with E-state index >= 15 is 0 Å². The first-order valence-corrected chi connectivity index (χ1v) is 7.98. The van der Waals surface area contributed by atoms with Crippen LogP contribution in [0.25, 0.3) is 0 Å². The molecule has 0 aliphatic carbocycles. The van der Waals surface area contributed by atoms with Gasteiger partial charge in [-0.15, -0.1) is 0 Å². The minimum absolute atomic E-state index is 0.459. The zero-order valence-corrected chi connectivity index (χ0v) is 12.6. The molecule has 1 N–H and O–H groups in total. The van der Waals surface area contributed by atoms with Crippen LogP contribution in [-0.4, -0.2) is 24.6 Å².